The van der Waals surface area contributed by atoms with Crippen LogP contribution in [0.5, 0.6) is 0 Å². The first-order valence-corrected chi connectivity index (χ1v) is 11.0. The van der Waals surface area contributed by atoms with Crippen LogP contribution in [-0.2, 0) is 20.5 Å². The summed E-state index contributed by atoms with van der Waals surface area (Å²) in [4.78, 5) is 12.6. The molecule has 0 spiro atoms. The Morgan fingerprint density at radius 1 is 1.07 bits per heavy atom. The van der Waals surface area contributed by atoms with Gasteiger partial charge in [-0.3, -0.25) is 4.79 Å². The van der Waals surface area contributed by atoms with Gasteiger partial charge >= 0.3 is 5.97 Å². The third-order valence-electron chi connectivity index (χ3n) is 5.88. The summed E-state index contributed by atoms with van der Waals surface area (Å²) in [6.07, 6.45) is -0.693. The molecule has 0 bridgehead atoms. The molecule has 0 amide bonds. The lowest BCUT2D eigenvalue weighted by Gasteiger charge is -2.36. The molecule has 2 unspecified atom stereocenters. The van der Waals surface area contributed by atoms with Crippen molar-refractivity contribution in [1.29, 1.82) is 0 Å². The highest BCUT2D eigenvalue weighted by Crippen LogP contribution is 2.55. The summed E-state index contributed by atoms with van der Waals surface area (Å²) in [5, 5.41) is 11.5. The van der Waals surface area contributed by atoms with Crippen LogP contribution in [0.4, 0.5) is 0 Å². The van der Waals surface area contributed by atoms with E-state index in [1.807, 2.05) is 23.6 Å². The molecule has 1 aliphatic carbocycles. The van der Waals surface area contributed by atoms with Crippen LogP contribution in [0, 0.1) is 0 Å². The first kappa shape index (κ1) is 20.8. The quantitative estimate of drug-likeness (QED) is 0.599. The van der Waals surface area contributed by atoms with Gasteiger partial charge in [0.05, 0.1) is 6.10 Å². The highest BCUT2D eigenvalue weighted by atomic mass is 32.1. The first-order chi connectivity index (χ1) is 14.2. The number of carbonyl (C=O) groups is 1. The van der Waals surface area contributed by atoms with Gasteiger partial charge < -0.3 is 15.6 Å². The van der Waals surface area contributed by atoms with Gasteiger partial charge in [-0.2, -0.15) is 0 Å². The van der Waals surface area contributed by atoms with Crippen molar-refractivity contribution in [3.05, 3.63) is 81.5 Å². The Balaban J connectivity index is 2.01. The zero-order valence-electron chi connectivity index (χ0n) is 17.7. The average Bonchev–Trinajstić information content (AvgIpc) is 3.33. The summed E-state index contributed by atoms with van der Waals surface area (Å²) in [5.74, 6) is -1.07. The van der Waals surface area contributed by atoms with E-state index in [0.29, 0.717) is 0 Å². The van der Waals surface area contributed by atoms with Crippen LogP contribution < -0.4 is 5.73 Å². The Morgan fingerprint density at radius 2 is 1.77 bits per heavy atom. The summed E-state index contributed by atoms with van der Waals surface area (Å²) in [6.45, 7) is 8.30. The van der Waals surface area contributed by atoms with E-state index in [0.717, 1.165) is 27.1 Å². The summed E-state index contributed by atoms with van der Waals surface area (Å²) < 4.78 is 6.69. The minimum absolute atomic E-state index is 0.0337. The Hall–Kier alpha value is -2.47. The van der Waals surface area contributed by atoms with Crippen molar-refractivity contribution in [3.8, 4) is 11.1 Å². The SMILES string of the molecule is CC(OC1(c2cccs2)c2ccccc2-c2ccc(C(C)(C)C)cc21)[C@H](N)C(=O)O. The Bertz CT molecular complexity index is 1080. The Kier molecular flexibility index (Phi) is 5.09. The predicted octanol–water partition coefficient (Wildman–Crippen LogP) is 5.13. The van der Waals surface area contributed by atoms with Gasteiger partial charge in [0, 0.05) is 16.0 Å². The molecular weight excluding hydrogens is 394 g/mol. The molecule has 4 rings (SSSR count). The van der Waals surface area contributed by atoms with Crippen molar-refractivity contribution >= 4 is 17.3 Å². The number of ether oxygens (including phenoxy) is 1. The molecule has 0 aliphatic heterocycles. The number of nitrogens with two attached hydrogens (primary N) is 1. The minimum Gasteiger partial charge on any atom is -0.480 e. The van der Waals surface area contributed by atoms with Crippen LogP contribution in [0.1, 0.15) is 49.3 Å². The van der Waals surface area contributed by atoms with Gasteiger partial charge in [-0.15, -0.1) is 11.3 Å². The summed E-state index contributed by atoms with van der Waals surface area (Å²) in [7, 11) is 0. The predicted molar refractivity (Wildman–Crippen MR) is 121 cm³/mol. The van der Waals surface area contributed by atoms with Gasteiger partial charge in [0.1, 0.15) is 6.04 Å². The van der Waals surface area contributed by atoms with Crippen molar-refractivity contribution < 1.29 is 14.6 Å². The largest absolute Gasteiger partial charge is 0.480 e. The van der Waals surface area contributed by atoms with Crippen LogP contribution in [0.25, 0.3) is 11.1 Å². The van der Waals surface area contributed by atoms with Gasteiger partial charge in [-0.1, -0.05) is 69.3 Å². The Morgan fingerprint density at radius 3 is 2.40 bits per heavy atom. The summed E-state index contributed by atoms with van der Waals surface area (Å²) in [5.41, 5.74) is 10.5. The molecule has 1 heterocycles. The van der Waals surface area contributed by atoms with Crippen LogP contribution in [0.15, 0.2) is 60.0 Å². The molecule has 1 aliphatic rings. The van der Waals surface area contributed by atoms with E-state index in [9.17, 15) is 9.90 Å². The molecule has 4 nitrogen and oxygen atoms in total. The number of benzene rings is 2. The van der Waals surface area contributed by atoms with E-state index in [-0.39, 0.29) is 5.41 Å². The molecule has 3 atom stereocenters. The van der Waals surface area contributed by atoms with Crippen LogP contribution in [-0.4, -0.2) is 23.2 Å². The smallest absolute Gasteiger partial charge is 0.323 e. The maximum absolute atomic E-state index is 11.6. The standard InChI is InChI=1S/C25H27NO3S/c1-15(22(26)23(27)28)29-25(21-10-7-13-30-21)19-9-6-5-8-17(19)18-12-11-16(14-20(18)25)24(2,3)4/h5-15,22H,26H2,1-4H3,(H,27,28)/t15?,22-,25?/m0/s1. The van der Waals surface area contributed by atoms with Gasteiger partial charge in [0.25, 0.3) is 0 Å². The first-order valence-electron chi connectivity index (χ1n) is 10.1. The molecule has 0 radical (unpaired) electrons. The van der Waals surface area contributed by atoms with Crippen LogP contribution >= 0.6 is 11.3 Å². The van der Waals surface area contributed by atoms with Crippen molar-refractivity contribution in [3.63, 3.8) is 0 Å². The monoisotopic (exact) mass is 421 g/mol. The topological polar surface area (TPSA) is 72.5 Å². The van der Waals surface area contributed by atoms with Crippen molar-refractivity contribution in [2.45, 2.75) is 50.9 Å². The molecule has 1 aromatic heterocycles. The molecule has 3 aromatic rings. The number of carboxylic acid groups (broad SMARTS) is 1. The highest BCUT2D eigenvalue weighted by molar-refractivity contribution is 7.10. The normalized spacial score (nSPS) is 19.8. The average molecular weight is 422 g/mol. The van der Waals surface area contributed by atoms with Gasteiger partial charge in [-0.05, 0) is 40.5 Å². The van der Waals surface area contributed by atoms with E-state index in [1.54, 1.807) is 18.3 Å². The lowest BCUT2D eigenvalue weighted by molar-refractivity contribution is -0.144. The number of hydrogen-bond donors (Lipinski definition) is 2. The van der Waals surface area contributed by atoms with E-state index < -0.39 is 23.7 Å². The molecule has 0 fully saturated rings. The van der Waals surface area contributed by atoms with Crippen LogP contribution in [0.2, 0.25) is 0 Å². The second-order valence-electron chi connectivity index (χ2n) is 8.90. The minimum atomic E-state index is -1.12. The van der Waals surface area contributed by atoms with Crippen LogP contribution in [0.3, 0.4) is 0 Å². The maximum Gasteiger partial charge on any atom is 0.323 e. The summed E-state index contributed by atoms with van der Waals surface area (Å²) >= 11 is 1.61. The van der Waals surface area contributed by atoms with Crippen molar-refractivity contribution in [2.24, 2.45) is 5.73 Å². The van der Waals surface area contributed by atoms with E-state index >= 15 is 0 Å². The number of fused-ring (bicyclic) bond motifs is 3. The number of aliphatic carboxylic acids is 1. The van der Waals surface area contributed by atoms with Gasteiger partial charge in [0.15, 0.2) is 5.60 Å². The fraction of sp³-hybridized carbons (Fsp3) is 0.320. The summed E-state index contributed by atoms with van der Waals surface area (Å²) in [6, 6.07) is 17.7. The fourth-order valence-electron chi connectivity index (χ4n) is 4.19. The van der Waals surface area contributed by atoms with Gasteiger partial charge in [0.2, 0.25) is 0 Å². The van der Waals surface area contributed by atoms with E-state index in [1.165, 1.54) is 5.56 Å². The maximum atomic E-state index is 11.6. The molecule has 30 heavy (non-hydrogen) atoms. The molecule has 0 saturated carbocycles. The number of carboxylic acids is 1. The van der Waals surface area contributed by atoms with Gasteiger partial charge in [-0.25, -0.2) is 0 Å². The third kappa shape index (κ3) is 3.18. The molecule has 156 valence electrons. The highest BCUT2D eigenvalue weighted by Gasteiger charge is 2.49. The van der Waals surface area contributed by atoms with E-state index in [2.05, 4.69) is 57.2 Å². The lowest BCUT2D eigenvalue weighted by atomic mass is 9.82. The fourth-order valence-corrected chi connectivity index (χ4v) is 5.08. The third-order valence-corrected chi connectivity index (χ3v) is 6.85. The number of rotatable bonds is 5. The second kappa shape index (κ2) is 7.34. The zero-order chi connectivity index (χ0) is 21.7. The second-order valence-corrected chi connectivity index (χ2v) is 9.85. The Labute approximate surface area is 181 Å². The zero-order valence-corrected chi connectivity index (χ0v) is 18.5. The number of thiophene rings is 1. The van der Waals surface area contributed by atoms with Crippen molar-refractivity contribution in [2.75, 3.05) is 0 Å². The van der Waals surface area contributed by atoms with Crippen molar-refractivity contribution in [1.82, 2.24) is 0 Å². The molecule has 3 N–H and O–H groups in total. The molecular formula is C25H27NO3S. The lowest BCUT2D eigenvalue weighted by Crippen LogP contribution is -2.46. The molecule has 0 saturated heterocycles. The number of hydrogen-bond acceptors (Lipinski definition) is 4. The molecule has 5 heteroatoms. The molecule has 2 aromatic carbocycles. The van der Waals surface area contributed by atoms with E-state index in [4.69, 9.17) is 10.5 Å².